The molecule has 0 aliphatic heterocycles. The molecule has 5 atom stereocenters. The van der Waals surface area contributed by atoms with Crippen LogP contribution in [0.4, 0.5) is 0 Å². The van der Waals surface area contributed by atoms with E-state index in [1.54, 1.807) is 6.92 Å². The maximum Gasteiger partial charge on any atom is 0.305 e. The highest BCUT2D eigenvalue weighted by molar-refractivity contribution is 6.21. The Kier molecular flexibility index (Phi) is 8.39. The molecule has 1 fully saturated rings. The quantitative estimate of drug-likeness (QED) is 0.379. The monoisotopic (exact) mass is 382 g/mol. The first-order valence-electron chi connectivity index (χ1n) is 9.61. The van der Waals surface area contributed by atoms with Gasteiger partial charge in [-0.25, -0.2) is 0 Å². The first-order chi connectivity index (χ1) is 12.4. The van der Waals surface area contributed by atoms with Crippen molar-refractivity contribution in [1.29, 1.82) is 0 Å². The Labute approximate surface area is 161 Å². The summed E-state index contributed by atoms with van der Waals surface area (Å²) in [5.74, 6) is 0.158. The zero-order valence-electron chi connectivity index (χ0n) is 15.7. The van der Waals surface area contributed by atoms with E-state index in [0.29, 0.717) is 12.8 Å². The Morgan fingerprint density at radius 1 is 1.23 bits per heavy atom. The first kappa shape index (κ1) is 21.2. The standard InChI is InChI=1S/C21H31ClO4/c1-14(23)15-9-11-16(12-10-15)21-17(18(22)13-19(21)24)7-5-3-4-6-8-20(25)26-2/h9-12,14,17-19,21,23-24H,3-8,13H2,1-2H3/t14?,17-,18?,19+,21?/m0/s1. The number of aliphatic hydroxyl groups is 2. The van der Waals surface area contributed by atoms with Crippen LogP contribution in [0.5, 0.6) is 0 Å². The summed E-state index contributed by atoms with van der Waals surface area (Å²) >= 11 is 6.54. The molecule has 0 amide bonds. The largest absolute Gasteiger partial charge is 0.469 e. The fraction of sp³-hybridized carbons (Fsp3) is 0.667. The van der Waals surface area contributed by atoms with Gasteiger partial charge in [-0.1, -0.05) is 43.5 Å². The van der Waals surface area contributed by atoms with Crippen molar-refractivity contribution >= 4 is 17.6 Å². The van der Waals surface area contributed by atoms with Crippen LogP contribution < -0.4 is 0 Å². The SMILES string of the molecule is COC(=O)CCCCCC[C@H]1C(Cl)C[C@@H](O)C1c1ccc(C(C)O)cc1. The van der Waals surface area contributed by atoms with E-state index in [2.05, 4.69) is 4.74 Å². The van der Waals surface area contributed by atoms with Crippen LogP contribution in [-0.2, 0) is 9.53 Å². The summed E-state index contributed by atoms with van der Waals surface area (Å²) in [6.07, 6.45) is 5.14. The number of benzene rings is 1. The Balaban J connectivity index is 1.88. The normalized spacial score (nSPS) is 26.7. The number of alkyl halides is 1. The Bertz CT molecular complexity index is 558. The van der Waals surface area contributed by atoms with Gasteiger partial charge in [-0.15, -0.1) is 11.6 Å². The fourth-order valence-corrected chi connectivity index (χ4v) is 4.46. The number of carbonyl (C=O) groups is 1. The molecular weight excluding hydrogens is 352 g/mol. The lowest BCUT2D eigenvalue weighted by Crippen LogP contribution is -2.19. The molecule has 1 saturated carbocycles. The molecule has 146 valence electrons. The Morgan fingerprint density at radius 3 is 2.50 bits per heavy atom. The third kappa shape index (κ3) is 5.70. The third-order valence-corrected chi connectivity index (χ3v) is 6.01. The average Bonchev–Trinajstić information content (AvgIpc) is 2.91. The summed E-state index contributed by atoms with van der Waals surface area (Å²) in [5.41, 5.74) is 1.98. The minimum atomic E-state index is -0.487. The molecule has 0 bridgehead atoms. The number of methoxy groups -OCH3 is 1. The minimum Gasteiger partial charge on any atom is -0.469 e. The number of rotatable bonds is 9. The van der Waals surface area contributed by atoms with E-state index in [4.69, 9.17) is 11.6 Å². The molecule has 0 heterocycles. The second-order valence-corrected chi connectivity index (χ2v) is 7.94. The summed E-state index contributed by atoms with van der Waals surface area (Å²) in [7, 11) is 1.42. The molecule has 1 aliphatic rings. The van der Waals surface area contributed by atoms with Gasteiger partial charge in [0.05, 0.1) is 19.3 Å². The Hall–Kier alpha value is -1.10. The van der Waals surface area contributed by atoms with Crippen molar-refractivity contribution in [3.63, 3.8) is 0 Å². The number of unbranched alkanes of at least 4 members (excludes halogenated alkanes) is 3. The van der Waals surface area contributed by atoms with Crippen molar-refractivity contribution in [3.8, 4) is 0 Å². The maximum atomic E-state index is 11.1. The van der Waals surface area contributed by atoms with E-state index in [-0.39, 0.29) is 23.2 Å². The lowest BCUT2D eigenvalue weighted by Gasteiger charge is -2.24. The van der Waals surface area contributed by atoms with Gasteiger partial charge in [0.2, 0.25) is 0 Å². The van der Waals surface area contributed by atoms with Crippen molar-refractivity contribution < 1.29 is 19.7 Å². The lowest BCUT2D eigenvalue weighted by atomic mass is 9.84. The second kappa shape index (κ2) is 10.3. The fourth-order valence-electron chi connectivity index (χ4n) is 3.99. The van der Waals surface area contributed by atoms with Gasteiger partial charge in [-0.3, -0.25) is 4.79 Å². The summed E-state index contributed by atoms with van der Waals surface area (Å²) in [6.45, 7) is 1.75. The van der Waals surface area contributed by atoms with Gasteiger partial charge in [0.1, 0.15) is 0 Å². The molecule has 5 heteroatoms. The molecule has 3 unspecified atom stereocenters. The Morgan fingerprint density at radius 2 is 1.88 bits per heavy atom. The number of hydrogen-bond acceptors (Lipinski definition) is 4. The van der Waals surface area contributed by atoms with Gasteiger partial charge in [0.25, 0.3) is 0 Å². The topological polar surface area (TPSA) is 66.8 Å². The van der Waals surface area contributed by atoms with Crippen molar-refractivity contribution in [1.82, 2.24) is 0 Å². The average molecular weight is 383 g/mol. The maximum absolute atomic E-state index is 11.1. The van der Waals surface area contributed by atoms with Crippen molar-refractivity contribution in [3.05, 3.63) is 35.4 Å². The molecule has 4 nitrogen and oxygen atoms in total. The molecule has 2 rings (SSSR count). The van der Waals surface area contributed by atoms with E-state index in [1.165, 1.54) is 7.11 Å². The second-order valence-electron chi connectivity index (χ2n) is 7.38. The predicted molar refractivity (Wildman–Crippen MR) is 103 cm³/mol. The molecule has 2 N–H and O–H groups in total. The van der Waals surface area contributed by atoms with Crippen LogP contribution in [0.1, 0.15) is 75.0 Å². The highest BCUT2D eigenvalue weighted by Gasteiger charge is 2.41. The van der Waals surface area contributed by atoms with Crippen LogP contribution in [0.2, 0.25) is 0 Å². The molecule has 0 aromatic heterocycles. The van der Waals surface area contributed by atoms with Crippen LogP contribution in [0.25, 0.3) is 0 Å². The zero-order chi connectivity index (χ0) is 19.1. The van der Waals surface area contributed by atoms with Gasteiger partial charge in [-0.2, -0.15) is 0 Å². The number of carbonyl (C=O) groups excluding carboxylic acids is 1. The molecule has 26 heavy (non-hydrogen) atoms. The van der Waals surface area contributed by atoms with Gasteiger partial charge in [0.15, 0.2) is 0 Å². The van der Waals surface area contributed by atoms with Gasteiger partial charge in [-0.05, 0) is 43.2 Å². The lowest BCUT2D eigenvalue weighted by molar-refractivity contribution is -0.140. The summed E-state index contributed by atoms with van der Waals surface area (Å²) in [6, 6.07) is 7.87. The van der Waals surface area contributed by atoms with Gasteiger partial charge in [0, 0.05) is 17.7 Å². The summed E-state index contributed by atoms with van der Waals surface area (Å²) < 4.78 is 4.65. The molecule has 1 aromatic carbocycles. The number of esters is 1. The third-order valence-electron chi connectivity index (χ3n) is 5.51. The van der Waals surface area contributed by atoms with Crippen molar-refractivity contribution in [2.24, 2.45) is 5.92 Å². The predicted octanol–water partition coefficient (Wildman–Crippen LogP) is 4.33. The van der Waals surface area contributed by atoms with Crippen molar-refractivity contribution in [2.75, 3.05) is 7.11 Å². The van der Waals surface area contributed by atoms with Gasteiger partial charge >= 0.3 is 5.97 Å². The van der Waals surface area contributed by atoms with Crippen LogP contribution in [0.3, 0.4) is 0 Å². The number of ether oxygens (including phenoxy) is 1. The molecular formula is C21H31ClO4. The van der Waals surface area contributed by atoms with Crippen molar-refractivity contribution in [2.45, 2.75) is 75.4 Å². The van der Waals surface area contributed by atoms with E-state index >= 15 is 0 Å². The number of halogens is 1. The van der Waals surface area contributed by atoms with E-state index < -0.39 is 12.2 Å². The first-order valence-corrected chi connectivity index (χ1v) is 10.0. The molecule has 1 aromatic rings. The summed E-state index contributed by atoms with van der Waals surface area (Å²) in [5, 5.41) is 20.2. The zero-order valence-corrected chi connectivity index (χ0v) is 16.5. The van der Waals surface area contributed by atoms with E-state index in [1.807, 2.05) is 24.3 Å². The van der Waals surface area contributed by atoms with Crippen LogP contribution in [0.15, 0.2) is 24.3 Å². The number of aliphatic hydroxyl groups excluding tert-OH is 2. The number of hydrogen-bond donors (Lipinski definition) is 2. The molecule has 0 radical (unpaired) electrons. The smallest absolute Gasteiger partial charge is 0.305 e. The van der Waals surface area contributed by atoms with Crippen LogP contribution in [0, 0.1) is 5.92 Å². The summed E-state index contributed by atoms with van der Waals surface area (Å²) in [4.78, 5) is 11.1. The van der Waals surface area contributed by atoms with Gasteiger partial charge < -0.3 is 14.9 Å². The molecule has 1 aliphatic carbocycles. The van der Waals surface area contributed by atoms with Crippen LogP contribution >= 0.6 is 11.6 Å². The highest BCUT2D eigenvalue weighted by atomic mass is 35.5. The van der Waals surface area contributed by atoms with Crippen LogP contribution in [-0.4, -0.2) is 34.8 Å². The molecule has 0 saturated heterocycles. The minimum absolute atomic E-state index is 0.0125. The molecule has 0 spiro atoms. The highest BCUT2D eigenvalue weighted by Crippen LogP contribution is 2.45. The van der Waals surface area contributed by atoms with E-state index in [0.717, 1.165) is 43.2 Å². The van der Waals surface area contributed by atoms with E-state index in [9.17, 15) is 15.0 Å².